The van der Waals surface area contributed by atoms with Crippen molar-refractivity contribution in [3.8, 4) is 0 Å². The molecule has 0 spiro atoms. The Bertz CT molecular complexity index is 268. The molecule has 142 valence electrons. The van der Waals surface area contributed by atoms with Crippen molar-refractivity contribution in [1.82, 2.24) is 0 Å². The summed E-state index contributed by atoms with van der Waals surface area (Å²) in [6.07, 6.45) is 5.65. The molecule has 2 unspecified atom stereocenters. The average molecular weight is 394 g/mol. The normalized spacial score (nSPS) is 12.6. The zero-order valence-corrected chi connectivity index (χ0v) is 17.7. The Morgan fingerprint density at radius 3 is 1.78 bits per heavy atom. The smallest absolute Gasteiger partial charge is 0.329 e. The predicted molar refractivity (Wildman–Crippen MR) is 97.1 cm³/mol. The van der Waals surface area contributed by atoms with Gasteiger partial charge in [-0.15, -0.1) is 0 Å². The van der Waals surface area contributed by atoms with Gasteiger partial charge in [0.15, 0.2) is 0 Å². The number of unbranched alkanes of at least 4 members (excludes halogenated alkanes) is 3. The van der Waals surface area contributed by atoms with E-state index < -0.39 is 15.9 Å². The van der Waals surface area contributed by atoms with Crippen LogP contribution >= 0.6 is 24.8 Å². The summed E-state index contributed by atoms with van der Waals surface area (Å²) in [6.45, 7) is 7.42. The first-order valence-electron chi connectivity index (χ1n) is 7.93. The van der Waals surface area contributed by atoms with Gasteiger partial charge in [0.25, 0.3) is 0 Å². The zero-order valence-electron chi connectivity index (χ0n) is 14.7. The molecule has 10 heteroatoms. The van der Waals surface area contributed by atoms with Gasteiger partial charge in [0, 0.05) is 0 Å². The van der Waals surface area contributed by atoms with Gasteiger partial charge in [-0.3, -0.25) is 9.05 Å². The molecular formula is C13H33O7P3. The second kappa shape index (κ2) is 19.2. The molecule has 7 nitrogen and oxygen atoms in total. The van der Waals surface area contributed by atoms with Crippen molar-refractivity contribution in [2.45, 2.75) is 59.3 Å². The lowest BCUT2D eigenvalue weighted by Crippen LogP contribution is -1.98. The molecule has 23 heavy (non-hydrogen) atoms. The maximum absolute atomic E-state index is 11.1. The van der Waals surface area contributed by atoms with Crippen molar-refractivity contribution in [3.05, 3.63) is 0 Å². The Labute approximate surface area is 144 Å². The van der Waals surface area contributed by atoms with Gasteiger partial charge in [-0.05, 0) is 28.2 Å². The van der Waals surface area contributed by atoms with E-state index in [1.54, 1.807) is 0 Å². The van der Waals surface area contributed by atoms with Crippen LogP contribution in [0.5, 0.6) is 0 Å². The Balaban J connectivity index is 0. The molecule has 1 N–H and O–H groups in total. The fourth-order valence-corrected chi connectivity index (χ4v) is 2.95. The van der Waals surface area contributed by atoms with E-state index in [0.717, 1.165) is 45.1 Å². The quantitative estimate of drug-likeness (QED) is 0.188. The average Bonchev–Trinajstić information content (AvgIpc) is 2.49. The summed E-state index contributed by atoms with van der Waals surface area (Å²) in [7, 11) is -0.730. The minimum absolute atomic E-state index is 0.288. The standard InChI is InChI=1S/C8H19O4P.C5H14O3P2/c1-3-5-7-11-13(9,10)12-8-6-4-2;1-3-4-5-7-10(9)8-6-2/h3-8H2,1-2H3,(H,9,10);3-5,9H2,1-2H3. The first kappa shape index (κ1) is 26.1. The lowest BCUT2D eigenvalue weighted by atomic mass is 10.4. The van der Waals surface area contributed by atoms with Crippen LogP contribution in [-0.2, 0) is 27.7 Å². The van der Waals surface area contributed by atoms with Gasteiger partial charge in [0.1, 0.15) is 0 Å². The third kappa shape index (κ3) is 22.9. The molecule has 0 bridgehead atoms. The molecule has 0 aliphatic carbocycles. The molecule has 0 fully saturated rings. The Kier molecular flexibility index (Phi) is 21.7. The first-order chi connectivity index (χ1) is 10.9. The van der Waals surface area contributed by atoms with E-state index in [0.29, 0.717) is 0 Å². The molecule has 0 aliphatic rings. The van der Waals surface area contributed by atoms with E-state index in [4.69, 9.17) is 23.1 Å². The topological polar surface area (TPSA) is 83.5 Å². The highest BCUT2D eigenvalue weighted by Crippen LogP contribution is 2.46. The van der Waals surface area contributed by atoms with Gasteiger partial charge in [-0.2, -0.15) is 4.67 Å². The second-order valence-electron chi connectivity index (χ2n) is 4.56. The minimum Gasteiger partial charge on any atom is -0.329 e. The summed E-state index contributed by atoms with van der Waals surface area (Å²) in [4.78, 5) is 13.5. The predicted octanol–water partition coefficient (Wildman–Crippen LogP) is 5.20. The summed E-state index contributed by atoms with van der Waals surface area (Å²) in [5.41, 5.74) is 0. The van der Waals surface area contributed by atoms with E-state index >= 15 is 0 Å². The molecule has 0 saturated heterocycles. The molecule has 0 aromatic heterocycles. The van der Waals surface area contributed by atoms with Crippen molar-refractivity contribution >= 4 is 24.8 Å². The third-order valence-electron chi connectivity index (χ3n) is 2.37. The number of rotatable bonds is 14. The molecule has 0 rings (SSSR count). The summed E-state index contributed by atoms with van der Waals surface area (Å²) in [5, 5.41) is 0. The summed E-state index contributed by atoms with van der Waals surface area (Å²) in [6, 6.07) is 0. The van der Waals surface area contributed by atoms with Gasteiger partial charge < -0.3 is 9.42 Å². The highest BCUT2D eigenvalue weighted by Gasteiger charge is 2.19. The lowest BCUT2D eigenvalue weighted by Gasteiger charge is -2.10. The number of hydrogen-bond acceptors (Lipinski definition) is 6. The van der Waals surface area contributed by atoms with Gasteiger partial charge >= 0.3 is 7.82 Å². The molecular weight excluding hydrogens is 361 g/mol. The van der Waals surface area contributed by atoms with E-state index in [9.17, 15) is 4.57 Å². The van der Waals surface area contributed by atoms with Crippen LogP contribution in [0, 0.1) is 0 Å². The second-order valence-corrected chi connectivity index (χ2v) is 8.25. The first-order valence-corrected chi connectivity index (χ1v) is 12.2. The van der Waals surface area contributed by atoms with Crippen LogP contribution in [0.4, 0.5) is 0 Å². The maximum atomic E-state index is 11.1. The van der Waals surface area contributed by atoms with Crippen LogP contribution < -0.4 is 0 Å². The zero-order chi connectivity index (χ0) is 18.0. The number of hydrogen-bond donors (Lipinski definition) is 1. The van der Waals surface area contributed by atoms with E-state index in [-0.39, 0.29) is 13.2 Å². The molecule has 0 amide bonds. The number of phosphoric ester groups is 1. The SMILES string of the molecule is CCCCOP(=O)(O)OCCCC.CCCCOP(P)OOC. The van der Waals surface area contributed by atoms with Gasteiger partial charge in [-0.25, -0.2) is 9.45 Å². The van der Waals surface area contributed by atoms with Crippen LogP contribution in [0.25, 0.3) is 0 Å². The van der Waals surface area contributed by atoms with Gasteiger partial charge in [-0.1, -0.05) is 40.0 Å². The van der Waals surface area contributed by atoms with Crippen LogP contribution in [0.2, 0.25) is 0 Å². The Morgan fingerprint density at radius 1 is 0.957 bits per heavy atom. The fraction of sp³-hybridized carbons (Fsp3) is 1.00. The van der Waals surface area contributed by atoms with E-state index in [1.165, 1.54) is 7.11 Å². The highest BCUT2D eigenvalue weighted by molar-refractivity contribution is 8.08. The van der Waals surface area contributed by atoms with Crippen molar-refractivity contribution in [1.29, 1.82) is 0 Å². The molecule has 0 radical (unpaired) electrons. The largest absolute Gasteiger partial charge is 0.472 e. The van der Waals surface area contributed by atoms with Crippen molar-refractivity contribution in [2.24, 2.45) is 0 Å². The lowest BCUT2D eigenvalue weighted by molar-refractivity contribution is -0.175. The van der Waals surface area contributed by atoms with E-state index in [1.807, 2.05) is 13.8 Å². The summed E-state index contributed by atoms with van der Waals surface area (Å²) < 4.78 is 30.4. The molecule has 0 saturated carbocycles. The minimum atomic E-state index is -3.75. The van der Waals surface area contributed by atoms with Crippen molar-refractivity contribution in [2.75, 3.05) is 26.9 Å². The Morgan fingerprint density at radius 2 is 1.39 bits per heavy atom. The van der Waals surface area contributed by atoms with Crippen LogP contribution in [-0.4, -0.2) is 31.8 Å². The van der Waals surface area contributed by atoms with Gasteiger partial charge in [0.05, 0.1) is 26.9 Å². The molecule has 0 aromatic rings. The molecule has 0 aliphatic heterocycles. The fourth-order valence-electron chi connectivity index (χ4n) is 1.08. The van der Waals surface area contributed by atoms with Crippen LogP contribution in [0.3, 0.4) is 0 Å². The monoisotopic (exact) mass is 394 g/mol. The van der Waals surface area contributed by atoms with Gasteiger partial charge in [0.2, 0.25) is 8.06 Å². The third-order valence-corrected chi connectivity index (χ3v) is 4.83. The van der Waals surface area contributed by atoms with E-state index in [2.05, 4.69) is 20.7 Å². The highest BCUT2D eigenvalue weighted by atomic mass is 32.0. The molecule has 2 atom stereocenters. The Hall–Kier alpha value is 0.850. The van der Waals surface area contributed by atoms with Crippen LogP contribution in [0.1, 0.15) is 59.3 Å². The number of phosphoric acid groups is 1. The summed E-state index contributed by atoms with van der Waals surface area (Å²) in [5.74, 6) is 0. The molecule has 0 heterocycles. The van der Waals surface area contributed by atoms with Crippen LogP contribution in [0.15, 0.2) is 0 Å². The summed E-state index contributed by atoms with van der Waals surface area (Å²) >= 11 is 0. The van der Waals surface area contributed by atoms with Crippen molar-refractivity contribution in [3.63, 3.8) is 0 Å². The molecule has 0 aromatic carbocycles. The van der Waals surface area contributed by atoms with Crippen molar-refractivity contribution < 1.29 is 32.6 Å². The maximum Gasteiger partial charge on any atom is 0.472 e.